The van der Waals surface area contributed by atoms with E-state index in [4.69, 9.17) is 16.3 Å². The van der Waals surface area contributed by atoms with Gasteiger partial charge in [0.15, 0.2) is 11.3 Å². The van der Waals surface area contributed by atoms with E-state index >= 15 is 0 Å². The minimum atomic E-state index is -4.80. The van der Waals surface area contributed by atoms with Crippen molar-refractivity contribution in [3.8, 4) is 17.7 Å². The van der Waals surface area contributed by atoms with Gasteiger partial charge in [0.1, 0.15) is 50.7 Å². The van der Waals surface area contributed by atoms with Crippen LogP contribution < -0.4 is 15.4 Å². The molecule has 0 aliphatic rings. The first-order chi connectivity index (χ1) is 42.5. The fraction of sp³-hybridized carbons (Fsp3) is 0.255. The summed E-state index contributed by atoms with van der Waals surface area (Å²) >= 11 is 7.99. The zero-order chi connectivity index (χ0) is 67.0. The second-order valence-corrected chi connectivity index (χ2v) is 29.4. The van der Waals surface area contributed by atoms with Crippen LogP contribution in [0.15, 0.2) is 133 Å². The van der Waals surface area contributed by atoms with Crippen molar-refractivity contribution in [3.63, 3.8) is 0 Å². The SMILES string of the molecule is CC(=O)Nc1cc(N=Nc2cc(SCCCS(=O)(=O)O)c(N=Nc3cc(OCCCS(=O)(=O)O)c(N=Nc4c(C)c(C#N)c5nc6cc(S(=O)(=O)O)ccc6n5c4O)cc3C)cc2NC(C)=O)c(SCCCS(=O)(=O)O)cc1N=Nc1ccc(Cl)c(S(=O)(=O)O)c1. The molecule has 7 aromatic rings. The highest BCUT2D eigenvalue weighted by atomic mass is 35.5. The number of hydrogen-bond acceptors (Lipinski definition) is 26. The molecule has 0 fully saturated rings. The Kier molecular flexibility index (Phi) is 22.5. The summed E-state index contributed by atoms with van der Waals surface area (Å²) in [6.07, 6.45) is -0.405. The summed E-state index contributed by atoms with van der Waals surface area (Å²) in [5.41, 5.74) is -0.159. The molecule has 2 amide bonds. The second kappa shape index (κ2) is 29.1. The van der Waals surface area contributed by atoms with E-state index in [1.807, 2.05) is 6.07 Å². The van der Waals surface area contributed by atoms with Gasteiger partial charge in [0, 0.05) is 35.3 Å². The molecular formula is C51H50ClN13O19S7. The monoisotopic (exact) mass is 1410 g/mol. The Morgan fingerprint density at radius 3 is 1.66 bits per heavy atom. The third-order valence-corrected chi connectivity index (χ3v) is 19.0. The number of halogens is 1. The van der Waals surface area contributed by atoms with Crippen molar-refractivity contribution >= 4 is 171 Å². The molecule has 0 atom stereocenters. The van der Waals surface area contributed by atoms with Crippen molar-refractivity contribution < 1.29 is 84.3 Å². The molecular weight excluding hydrogens is 1360 g/mol. The molecule has 0 spiro atoms. The number of carbonyl (C=O) groups is 2. The van der Waals surface area contributed by atoms with Crippen LogP contribution in [-0.2, 0) is 60.2 Å². The lowest BCUT2D eigenvalue weighted by Gasteiger charge is -2.13. The first-order valence-corrected chi connectivity index (χ1v) is 35.8. The lowest BCUT2D eigenvalue weighted by molar-refractivity contribution is -0.115. The molecule has 2 aromatic heterocycles. The van der Waals surface area contributed by atoms with Crippen molar-refractivity contribution in [2.24, 2.45) is 40.9 Å². The molecule has 40 heteroatoms. The number of ether oxygens (including phenoxy) is 1. The van der Waals surface area contributed by atoms with Crippen LogP contribution in [-0.4, -0.2) is 127 Å². The van der Waals surface area contributed by atoms with Crippen LogP contribution in [0.2, 0.25) is 5.02 Å². The molecule has 7 rings (SSSR count). The lowest BCUT2D eigenvalue weighted by atomic mass is 10.1. The zero-order valence-electron chi connectivity index (χ0n) is 47.4. The van der Waals surface area contributed by atoms with Crippen LogP contribution in [0.4, 0.5) is 56.9 Å². The highest BCUT2D eigenvalue weighted by molar-refractivity contribution is 7.99. The molecule has 5 aromatic carbocycles. The van der Waals surface area contributed by atoms with Gasteiger partial charge < -0.3 is 20.5 Å². The van der Waals surface area contributed by atoms with Gasteiger partial charge in [0.25, 0.3) is 50.6 Å². The maximum atomic E-state index is 12.8. The van der Waals surface area contributed by atoms with Crippen LogP contribution in [0.25, 0.3) is 16.7 Å². The predicted molar refractivity (Wildman–Crippen MR) is 334 cm³/mol. The summed E-state index contributed by atoms with van der Waals surface area (Å²) in [5.74, 6) is -3.84. The van der Waals surface area contributed by atoms with Gasteiger partial charge in [-0.15, -0.1) is 54.2 Å². The highest BCUT2D eigenvalue weighted by Crippen LogP contribution is 2.46. The van der Waals surface area contributed by atoms with E-state index in [1.54, 1.807) is 6.92 Å². The fourth-order valence-corrected chi connectivity index (χ4v) is 13.3. The molecule has 0 radical (unpaired) electrons. The maximum Gasteiger partial charge on any atom is 0.296 e. The van der Waals surface area contributed by atoms with Crippen molar-refractivity contribution in [1.82, 2.24) is 9.38 Å². The molecule has 0 unspecified atom stereocenters. The minimum Gasteiger partial charge on any atom is -0.493 e. The average Bonchev–Trinajstić information content (AvgIpc) is 1.61. The number of amides is 2. The second-order valence-electron chi connectivity index (χ2n) is 19.2. The Morgan fingerprint density at radius 1 is 0.626 bits per heavy atom. The zero-order valence-corrected chi connectivity index (χ0v) is 53.9. The molecule has 0 bridgehead atoms. The van der Waals surface area contributed by atoms with Crippen molar-refractivity contribution in [2.75, 3.05) is 46.0 Å². The Balaban J connectivity index is 1.33. The van der Waals surface area contributed by atoms with Gasteiger partial charge in [-0.05, 0) is 117 Å². The number of anilines is 2. The standard InChI is InChI=1S/C51H50ClN13O19S7/c1-27-18-41(61-64-49-28(2)33(26-53)50-56-40-20-32(90(78,79)80)9-11-44(40)65(50)51(49)68)45(84-12-5-15-87(69,70)71)23-35(27)58-62-42-22-37(55-30(4)67)39(25-47(42)86-14-7-17-89(75,76)77)60-63-43-21-36(54-29(3)66)38(24-46(43)85-13-6-16-88(72,73)74)59-57-31-8-10-34(52)48(19-31)91(81,82)83/h8-11,18-25,68H,5-7,12-17H2,1-4H3,(H,54,66)(H,55,67)(H,69,70,71)(H,72,73,74)(H,75,76,77)(H,78,79,80)(H,81,82,83). The Bertz CT molecular complexity index is 4850. The normalized spacial score (nSPS) is 12.7. The predicted octanol–water partition coefficient (Wildman–Crippen LogP) is 11.8. The van der Waals surface area contributed by atoms with Crippen LogP contribution in [0.5, 0.6) is 11.6 Å². The number of pyridine rings is 1. The van der Waals surface area contributed by atoms with Crippen LogP contribution >= 0.6 is 35.1 Å². The molecule has 32 nitrogen and oxygen atoms in total. The first-order valence-electron chi connectivity index (χ1n) is 25.8. The van der Waals surface area contributed by atoms with Crippen LogP contribution in [0.1, 0.15) is 49.8 Å². The van der Waals surface area contributed by atoms with E-state index in [9.17, 15) is 84.8 Å². The van der Waals surface area contributed by atoms with E-state index in [2.05, 4.69) is 56.5 Å². The van der Waals surface area contributed by atoms with E-state index in [0.717, 1.165) is 52.2 Å². The van der Waals surface area contributed by atoms with Crippen LogP contribution in [0.3, 0.4) is 0 Å². The molecule has 8 N–H and O–H groups in total. The molecule has 2 heterocycles. The number of nitrogens with zero attached hydrogens (tertiary/aromatic N) is 11. The Labute approximate surface area is 532 Å². The van der Waals surface area contributed by atoms with Gasteiger partial charge in [-0.3, -0.25) is 36.8 Å². The number of aromatic nitrogens is 2. The first kappa shape index (κ1) is 70.5. The van der Waals surface area contributed by atoms with E-state index in [0.29, 0.717) is 5.56 Å². The third kappa shape index (κ3) is 19.5. The number of aryl methyl sites for hydroxylation is 1. The van der Waals surface area contributed by atoms with Gasteiger partial charge >= 0.3 is 0 Å². The summed E-state index contributed by atoms with van der Waals surface area (Å²) in [4.78, 5) is 29.0. The number of hydrogen-bond donors (Lipinski definition) is 8. The smallest absolute Gasteiger partial charge is 0.296 e. The molecule has 91 heavy (non-hydrogen) atoms. The summed E-state index contributed by atoms with van der Waals surface area (Å²) in [5, 5.41) is 61.4. The van der Waals surface area contributed by atoms with Gasteiger partial charge in [-0.2, -0.15) is 57.6 Å². The maximum absolute atomic E-state index is 12.8. The van der Waals surface area contributed by atoms with Crippen molar-refractivity contribution in [3.05, 3.63) is 94.5 Å². The van der Waals surface area contributed by atoms with Crippen LogP contribution in [0, 0.1) is 25.2 Å². The lowest BCUT2D eigenvalue weighted by Crippen LogP contribution is -2.08. The fourth-order valence-electron chi connectivity index (χ4n) is 8.08. The molecule has 0 aliphatic heterocycles. The number of imidazole rings is 1. The number of aromatic hydroxyl groups is 1. The van der Waals surface area contributed by atoms with Crippen molar-refractivity contribution in [1.29, 1.82) is 5.26 Å². The number of nitrogens with one attached hydrogen (secondary N) is 2. The van der Waals surface area contributed by atoms with Gasteiger partial charge in [0.05, 0.1) is 67.6 Å². The number of fused-ring (bicyclic) bond motifs is 3. The largest absolute Gasteiger partial charge is 0.493 e. The van der Waals surface area contributed by atoms with E-state index < -0.39 is 95.3 Å². The number of carbonyl (C=O) groups excluding carboxylic acids is 2. The molecule has 482 valence electrons. The average molecular weight is 1410 g/mol. The number of azo groups is 4. The molecule has 0 saturated heterocycles. The molecule has 0 saturated carbocycles. The topological polar surface area (TPSA) is 499 Å². The van der Waals surface area contributed by atoms with Crippen molar-refractivity contribution in [2.45, 2.75) is 66.5 Å². The minimum absolute atomic E-state index is 0.0000358. The Hall–Kier alpha value is -7.98. The van der Waals surface area contributed by atoms with E-state index in [-0.39, 0.29) is 143 Å². The third-order valence-electron chi connectivity index (χ3n) is 12.1. The number of nitriles is 1. The molecule has 0 aliphatic carbocycles. The van der Waals surface area contributed by atoms with Gasteiger partial charge in [-0.1, -0.05) is 11.6 Å². The van der Waals surface area contributed by atoms with Gasteiger partial charge in [0.2, 0.25) is 17.7 Å². The Morgan fingerprint density at radius 2 is 1.14 bits per heavy atom. The summed E-state index contributed by atoms with van der Waals surface area (Å²) in [7, 11) is -22.7. The van der Waals surface area contributed by atoms with E-state index in [1.165, 1.54) is 69.3 Å². The van der Waals surface area contributed by atoms with Gasteiger partial charge in [-0.25, -0.2) is 4.98 Å². The summed E-state index contributed by atoms with van der Waals surface area (Å²) in [6, 6.07) is 16.9. The quantitative estimate of drug-likeness (QED) is 0.0103. The highest BCUT2D eigenvalue weighted by Gasteiger charge is 2.24. The number of rotatable bonds is 27. The number of benzene rings is 5. The summed E-state index contributed by atoms with van der Waals surface area (Å²) in [6.45, 7) is 5.02. The summed E-state index contributed by atoms with van der Waals surface area (Å²) < 4.78 is 172. The number of thioether (sulfide) groups is 2.